The lowest BCUT2D eigenvalue weighted by Gasteiger charge is -2.28. The van der Waals surface area contributed by atoms with E-state index in [0.29, 0.717) is 32.1 Å². The topological polar surface area (TPSA) is 58.6 Å². The molecule has 1 amide bonds. The van der Waals surface area contributed by atoms with Gasteiger partial charge in [0.2, 0.25) is 5.91 Å². The van der Waals surface area contributed by atoms with Crippen LogP contribution in [-0.4, -0.2) is 66.2 Å². The zero-order valence-corrected chi connectivity index (χ0v) is 16.9. The van der Waals surface area contributed by atoms with Gasteiger partial charge in [0.15, 0.2) is 0 Å². The third kappa shape index (κ3) is 4.83. The number of carbonyl (C=O) groups is 1. The highest BCUT2D eigenvalue weighted by atomic mass is 32.2. The second-order valence-corrected chi connectivity index (χ2v) is 8.13. The molecule has 2 saturated heterocycles. The first kappa shape index (κ1) is 19.2. The summed E-state index contributed by atoms with van der Waals surface area (Å²) in [5, 5.41) is 9.42. The lowest BCUT2D eigenvalue weighted by Crippen LogP contribution is -2.41. The summed E-state index contributed by atoms with van der Waals surface area (Å²) in [6, 6.07) is 12.5. The Bertz CT molecular complexity index is 770. The number of thioether (sulfide) groups is 1. The quantitative estimate of drug-likeness (QED) is 0.722. The monoisotopic (exact) mass is 398 g/mol. The van der Waals surface area contributed by atoms with Crippen molar-refractivity contribution in [2.75, 3.05) is 50.0 Å². The van der Waals surface area contributed by atoms with E-state index in [1.165, 1.54) is 36.7 Å². The van der Waals surface area contributed by atoms with E-state index in [4.69, 9.17) is 4.74 Å². The molecule has 0 atom stereocenters. The first-order chi connectivity index (χ1) is 13.8. The van der Waals surface area contributed by atoms with Crippen molar-refractivity contribution in [1.82, 2.24) is 15.1 Å². The smallest absolute Gasteiger partial charge is 0.233 e. The van der Waals surface area contributed by atoms with Crippen LogP contribution in [0.1, 0.15) is 19.3 Å². The van der Waals surface area contributed by atoms with Gasteiger partial charge < -0.3 is 14.5 Å². The molecule has 0 bridgehead atoms. The molecule has 0 spiro atoms. The van der Waals surface area contributed by atoms with Gasteiger partial charge in [-0.1, -0.05) is 23.9 Å². The van der Waals surface area contributed by atoms with Crippen LogP contribution in [0.5, 0.6) is 0 Å². The summed E-state index contributed by atoms with van der Waals surface area (Å²) in [5.41, 5.74) is 3.20. The third-order valence-corrected chi connectivity index (χ3v) is 6.14. The molecule has 0 unspecified atom stereocenters. The molecule has 0 aliphatic carbocycles. The maximum absolute atomic E-state index is 12.2. The number of benzene rings is 1. The summed E-state index contributed by atoms with van der Waals surface area (Å²) in [4.78, 5) is 16.5. The molecule has 2 aromatic rings. The number of piperidine rings is 1. The van der Waals surface area contributed by atoms with E-state index in [-0.39, 0.29) is 5.91 Å². The van der Waals surface area contributed by atoms with Crippen molar-refractivity contribution in [1.29, 1.82) is 0 Å². The Hall–Kier alpha value is -2.12. The zero-order chi connectivity index (χ0) is 19.2. The minimum Gasteiger partial charge on any atom is -0.378 e. The molecule has 4 rings (SSSR count). The molecular weight excluding hydrogens is 372 g/mol. The third-order valence-electron chi connectivity index (χ3n) is 5.23. The summed E-state index contributed by atoms with van der Waals surface area (Å²) >= 11 is 1.43. The van der Waals surface area contributed by atoms with Gasteiger partial charge in [0.25, 0.3) is 0 Å². The SMILES string of the molecule is O=C(CSc1ccc(-c2ccc(N3CCCCC3)cc2)nn1)N1CCOCC1. The van der Waals surface area contributed by atoms with Crippen molar-refractivity contribution in [2.24, 2.45) is 0 Å². The molecule has 7 heteroatoms. The van der Waals surface area contributed by atoms with Crippen LogP contribution in [0.4, 0.5) is 5.69 Å². The van der Waals surface area contributed by atoms with Crippen LogP contribution in [-0.2, 0) is 9.53 Å². The fourth-order valence-electron chi connectivity index (χ4n) is 3.59. The van der Waals surface area contributed by atoms with E-state index in [9.17, 15) is 4.79 Å². The highest BCUT2D eigenvalue weighted by Crippen LogP contribution is 2.25. The second-order valence-electron chi connectivity index (χ2n) is 7.13. The van der Waals surface area contributed by atoms with Crippen molar-refractivity contribution in [3.05, 3.63) is 36.4 Å². The first-order valence-electron chi connectivity index (χ1n) is 9.97. The van der Waals surface area contributed by atoms with Gasteiger partial charge >= 0.3 is 0 Å². The lowest BCUT2D eigenvalue weighted by molar-refractivity contribution is -0.132. The lowest BCUT2D eigenvalue weighted by atomic mass is 10.1. The molecule has 2 aliphatic rings. The number of aromatic nitrogens is 2. The summed E-state index contributed by atoms with van der Waals surface area (Å²) in [7, 11) is 0. The van der Waals surface area contributed by atoms with Crippen LogP contribution in [0.25, 0.3) is 11.3 Å². The van der Waals surface area contributed by atoms with Gasteiger partial charge in [0.05, 0.1) is 24.7 Å². The van der Waals surface area contributed by atoms with E-state index >= 15 is 0 Å². The Morgan fingerprint density at radius 1 is 0.929 bits per heavy atom. The Labute approximate surface area is 170 Å². The number of hydrogen-bond donors (Lipinski definition) is 0. The van der Waals surface area contributed by atoms with E-state index < -0.39 is 0 Å². The van der Waals surface area contributed by atoms with E-state index in [2.05, 4.69) is 39.4 Å². The largest absolute Gasteiger partial charge is 0.378 e. The van der Waals surface area contributed by atoms with Crippen LogP contribution in [0.15, 0.2) is 41.4 Å². The number of hydrogen-bond acceptors (Lipinski definition) is 6. The summed E-state index contributed by atoms with van der Waals surface area (Å²) in [6.07, 6.45) is 3.90. The van der Waals surface area contributed by atoms with E-state index in [0.717, 1.165) is 29.4 Å². The molecule has 2 fully saturated rings. The predicted molar refractivity (Wildman–Crippen MR) is 112 cm³/mol. The number of amides is 1. The highest BCUT2D eigenvalue weighted by Gasteiger charge is 2.17. The number of morpholine rings is 1. The Kier molecular flexibility index (Phi) is 6.44. The molecule has 0 N–H and O–H groups in total. The van der Waals surface area contributed by atoms with E-state index in [1.54, 1.807) is 0 Å². The molecule has 148 valence electrons. The normalized spacial score (nSPS) is 17.6. The Morgan fingerprint density at radius 3 is 2.36 bits per heavy atom. The molecule has 0 saturated carbocycles. The van der Waals surface area contributed by atoms with Gasteiger partial charge in [-0.3, -0.25) is 4.79 Å². The van der Waals surface area contributed by atoms with Crippen LogP contribution in [0.3, 0.4) is 0 Å². The van der Waals surface area contributed by atoms with Crippen molar-refractivity contribution < 1.29 is 9.53 Å². The fraction of sp³-hybridized carbons (Fsp3) is 0.476. The molecule has 3 heterocycles. The number of carbonyl (C=O) groups excluding carboxylic acids is 1. The summed E-state index contributed by atoms with van der Waals surface area (Å²) in [6.45, 7) is 4.90. The van der Waals surface area contributed by atoms with Gasteiger partial charge in [-0.05, 0) is 43.5 Å². The summed E-state index contributed by atoms with van der Waals surface area (Å²) in [5.74, 6) is 0.519. The number of anilines is 1. The standard InChI is InChI=1S/C21H26N4O2S/c26-21(25-12-14-27-15-13-25)16-28-20-9-8-19(22-23-20)17-4-6-18(7-5-17)24-10-2-1-3-11-24/h4-9H,1-3,10-16H2. The van der Waals surface area contributed by atoms with Crippen molar-refractivity contribution in [3.63, 3.8) is 0 Å². The molecule has 1 aromatic heterocycles. The van der Waals surface area contributed by atoms with Gasteiger partial charge in [-0.2, -0.15) is 0 Å². The van der Waals surface area contributed by atoms with E-state index in [1.807, 2.05) is 17.0 Å². The zero-order valence-electron chi connectivity index (χ0n) is 16.0. The number of rotatable bonds is 5. The van der Waals surface area contributed by atoms with Crippen LogP contribution in [0, 0.1) is 0 Å². The molecular formula is C21H26N4O2S. The van der Waals surface area contributed by atoms with Crippen molar-refractivity contribution in [2.45, 2.75) is 24.3 Å². The van der Waals surface area contributed by atoms with Gasteiger partial charge in [-0.15, -0.1) is 10.2 Å². The average Bonchev–Trinajstić information content (AvgIpc) is 2.79. The number of nitrogens with zero attached hydrogens (tertiary/aromatic N) is 4. The van der Waals surface area contributed by atoms with Crippen molar-refractivity contribution in [3.8, 4) is 11.3 Å². The van der Waals surface area contributed by atoms with Gasteiger partial charge in [-0.25, -0.2) is 0 Å². The molecule has 1 aromatic carbocycles. The Balaban J connectivity index is 1.33. The maximum atomic E-state index is 12.2. The number of ether oxygens (including phenoxy) is 1. The van der Waals surface area contributed by atoms with Crippen LogP contribution >= 0.6 is 11.8 Å². The van der Waals surface area contributed by atoms with Crippen molar-refractivity contribution >= 4 is 23.4 Å². The molecule has 2 aliphatic heterocycles. The average molecular weight is 399 g/mol. The first-order valence-corrected chi connectivity index (χ1v) is 11.0. The van der Waals surface area contributed by atoms with Gasteiger partial charge in [0, 0.05) is 37.4 Å². The fourth-order valence-corrected chi connectivity index (χ4v) is 4.30. The van der Waals surface area contributed by atoms with Gasteiger partial charge in [0.1, 0.15) is 5.03 Å². The predicted octanol–water partition coefficient (Wildman–Crippen LogP) is 3.08. The second kappa shape index (κ2) is 9.39. The maximum Gasteiger partial charge on any atom is 0.233 e. The molecule has 28 heavy (non-hydrogen) atoms. The summed E-state index contributed by atoms with van der Waals surface area (Å²) < 4.78 is 5.28. The molecule has 0 radical (unpaired) electrons. The van der Waals surface area contributed by atoms with Crippen LogP contribution in [0.2, 0.25) is 0 Å². The molecule has 6 nitrogen and oxygen atoms in total. The highest BCUT2D eigenvalue weighted by molar-refractivity contribution is 7.99. The minimum atomic E-state index is 0.132. The minimum absolute atomic E-state index is 0.132. The Morgan fingerprint density at radius 2 is 1.68 bits per heavy atom. The van der Waals surface area contributed by atoms with Crippen LogP contribution < -0.4 is 4.90 Å².